The van der Waals surface area contributed by atoms with Crippen molar-refractivity contribution in [2.24, 2.45) is 5.41 Å². The minimum atomic E-state index is -0.664. The molecule has 2 atom stereocenters. The van der Waals surface area contributed by atoms with Gasteiger partial charge < -0.3 is 20.3 Å². The lowest BCUT2D eigenvalue weighted by Gasteiger charge is -2.45. The molecule has 0 saturated carbocycles. The molecule has 2 aromatic carbocycles. The van der Waals surface area contributed by atoms with Gasteiger partial charge in [-0.05, 0) is 24.5 Å². The van der Waals surface area contributed by atoms with Crippen LogP contribution in [0, 0.1) is 5.41 Å². The van der Waals surface area contributed by atoms with Gasteiger partial charge in [0.15, 0.2) is 0 Å². The minimum Gasteiger partial charge on any atom is -0.496 e. The number of ether oxygens (including phenoxy) is 1. The highest BCUT2D eigenvalue weighted by atomic mass is 16.5. The summed E-state index contributed by atoms with van der Waals surface area (Å²) in [6.45, 7) is 1.61. The number of likely N-dealkylation sites (tertiary alicyclic amines) is 1. The largest absolute Gasteiger partial charge is 0.496 e. The van der Waals surface area contributed by atoms with E-state index >= 15 is 0 Å². The topological polar surface area (TPSA) is 82.0 Å². The third-order valence-electron chi connectivity index (χ3n) is 5.71. The maximum atomic E-state index is 12.5. The van der Waals surface area contributed by atoms with Crippen LogP contribution in [0.2, 0.25) is 0 Å². The van der Waals surface area contributed by atoms with Gasteiger partial charge in [0, 0.05) is 30.6 Å². The second-order valence-corrected chi connectivity index (χ2v) is 7.79. The number of aliphatic hydroxyl groups is 2. The zero-order chi connectivity index (χ0) is 20.7. The Morgan fingerprint density at radius 3 is 2.66 bits per heavy atom. The Morgan fingerprint density at radius 1 is 1.21 bits per heavy atom. The van der Waals surface area contributed by atoms with Gasteiger partial charge in [-0.2, -0.15) is 0 Å². The third-order valence-corrected chi connectivity index (χ3v) is 5.71. The van der Waals surface area contributed by atoms with Gasteiger partial charge in [0.1, 0.15) is 5.75 Å². The van der Waals surface area contributed by atoms with Crippen molar-refractivity contribution < 1.29 is 19.7 Å². The molecule has 3 rings (SSSR count). The number of carbonyl (C=O) groups is 1. The van der Waals surface area contributed by atoms with Gasteiger partial charge in [-0.1, -0.05) is 48.5 Å². The molecule has 0 spiro atoms. The van der Waals surface area contributed by atoms with E-state index in [0.717, 1.165) is 16.9 Å². The summed E-state index contributed by atoms with van der Waals surface area (Å²) in [7, 11) is 1.61. The number of benzene rings is 2. The van der Waals surface area contributed by atoms with E-state index in [9.17, 15) is 15.0 Å². The lowest BCUT2D eigenvalue weighted by Crippen LogP contribution is -2.56. The van der Waals surface area contributed by atoms with Gasteiger partial charge in [0.25, 0.3) is 0 Å². The zero-order valence-corrected chi connectivity index (χ0v) is 16.9. The molecule has 0 radical (unpaired) electrons. The van der Waals surface area contributed by atoms with Crippen LogP contribution in [0.1, 0.15) is 17.5 Å². The molecule has 6 heteroatoms. The summed E-state index contributed by atoms with van der Waals surface area (Å²) in [6.07, 6.45) is 0.512. The number of nitrogens with zero attached hydrogens (tertiary/aromatic N) is 1. The number of rotatable bonds is 8. The Morgan fingerprint density at radius 2 is 1.93 bits per heavy atom. The molecule has 3 N–H and O–H groups in total. The second kappa shape index (κ2) is 9.87. The Balaban J connectivity index is 1.60. The fourth-order valence-corrected chi connectivity index (χ4v) is 4.06. The first-order valence-corrected chi connectivity index (χ1v) is 10.00. The monoisotopic (exact) mass is 398 g/mol. The maximum absolute atomic E-state index is 12.5. The van der Waals surface area contributed by atoms with Crippen LogP contribution in [-0.4, -0.2) is 60.5 Å². The predicted octanol–water partition coefficient (Wildman–Crippen LogP) is 1.60. The van der Waals surface area contributed by atoms with Crippen LogP contribution in [0.15, 0.2) is 54.6 Å². The molecule has 2 aromatic rings. The quantitative estimate of drug-likeness (QED) is 0.629. The number of carbonyl (C=O) groups excluding carboxylic acids is 1. The Bertz CT molecular complexity index is 798. The van der Waals surface area contributed by atoms with Crippen molar-refractivity contribution in [2.75, 3.05) is 33.4 Å². The lowest BCUT2D eigenvalue weighted by atomic mass is 9.73. The summed E-state index contributed by atoms with van der Waals surface area (Å²) in [5.74, 6) is 0.662. The van der Waals surface area contributed by atoms with Crippen LogP contribution >= 0.6 is 0 Å². The highest BCUT2D eigenvalue weighted by Crippen LogP contribution is 2.33. The smallest absolute Gasteiger partial charge is 0.234 e. The molecule has 0 aliphatic carbocycles. The van der Waals surface area contributed by atoms with Crippen molar-refractivity contribution in [1.82, 2.24) is 10.2 Å². The van der Waals surface area contributed by atoms with E-state index in [1.807, 2.05) is 59.5 Å². The van der Waals surface area contributed by atoms with Crippen molar-refractivity contribution in [2.45, 2.75) is 25.5 Å². The molecule has 1 fully saturated rings. The van der Waals surface area contributed by atoms with Crippen LogP contribution in [0.3, 0.4) is 0 Å². The number of hydrogen-bond acceptors (Lipinski definition) is 5. The van der Waals surface area contributed by atoms with E-state index in [2.05, 4.69) is 5.32 Å². The summed E-state index contributed by atoms with van der Waals surface area (Å²) in [5, 5.41) is 23.7. The molecule has 0 unspecified atom stereocenters. The second-order valence-electron chi connectivity index (χ2n) is 7.79. The standard InChI is InChI=1S/C23H30N2O4/c1-29-20-10-6-5-9-19(20)14-24-22(28)15-25-12-11-21(27)23(16-25,17-26)13-18-7-3-2-4-8-18/h2-10,21,26-27H,11-17H2,1H3,(H,24,28)/t21-,23+/m0/s1. The zero-order valence-electron chi connectivity index (χ0n) is 16.9. The Kier molecular flexibility index (Phi) is 7.25. The van der Waals surface area contributed by atoms with E-state index in [1.54, 1.807) is 7.11 Å². The first-order valence-electron chi connectivity index (χ1n) is 10.00. The van der Waals surface area contributed by atoms with Crippen molar-refractivity contribution in [3.8, 4) is 5.75 Å². The fourth-order valence-electron chi connectivity index (χ4n) is 4.06. The molecule has 29 heavy (non-hydrogen) atoms. The van der Waals surface area contributed by atoms with Gasteiger partial charge in [0.05, 0.1) is 26.4 Å². The minimum absolute atomic E-state index is 0.0844. The molecule has 6 nitrogen and oxygen atoms in total. The average Bonchev–Trinajstić information content (AvgIpc) is 2.75. The molecule has 0 aromatic heterocycles. The summed E-state index contributed by atoms with van der Waals surface area (Å²) < 4.78 is 5.32. The Labute approximate surface area is 172 Å². The number of amides is 1. The van der Waals surface area contributed by atoms with E-state index in [1.165, 1.54) is 0 Å². The van der Waals surface area contributed by atoms with Gasteiger partial charge in [0.2, 0.25) is 5.91 Å². The fraction of sp³-hybridized carbons (Fsp3) is 0.435. The third kappa shape index (κ3) is 5.35. The Hall–Kier alpha value is -2.41. The molecule has 1 aliphatic rings. The first-order chi connectivity index (χ1) is 14.1. The SMILES string of the molecule is COc1ccccc1CNC(=O)CN1CC[C@H](O)[C@](CO)(Cc2ccccc2)C1. The van der Waals surface area contributed by atoms with E-state index < -0.39 is 11.5 Å². The van der Waals surface area contributed by atoms with Crippen molar-refractivity contribution in [1.29, 1.82) is 0 Å². The number of aliphatic hydroxyl groups excluding tert-OH is 2. The average molecular weight is 399 g/mol. The van der Waals surface area contributed by atoms with Gasteiger partial charge in [-0.25, -0.2) is 0 Å². The maximum Gasteiger partial charge on any atom is 0.234 e. The van der Waals surface area contributed by atoms with Crippen LogP contribution < -0.4 is 10.1 Å². The molecule has 156 valence electrons. The molecule has 1 saturated heterocycles. The normalized spacial score (nSPS) is 22.2. The summed E-state index contributed by atoms with van der Waals surface area (Å²) in [6, 6.07) is 17.5. The summed E-state index contributed by atoms with van der Waals surface area (Å²) in [5.41, 5.74) is 1.33. The highest BCUT2D eigenvalue weighted by molar-refractivity contribution is 5.78. The van der Waals surface area contributed by atoms with E-state index in [-0.39, 0.29) is 19.1 Å². The van der Waals surface area contributed by atoms with Crippen molar-refractivity contribution >= 4 is 5.91 Å². The van der Waals surface area contributed by atoms with Gasteiger partial charge in [-0.3, -0.25) is 9.69 Å². The number of piperidine rings is 1. The summed E-state index contributed by atoms with van der Waals surface area (Å²) in [4.78, 5) is 14.5. The summed E-state index contributed by atoms with van der Waals surface area (Å²) >= 11 is 0. The predicted molar refractivity (Wildman–Crippen MR) is 112 cm³/mol. The van der Waals surface area contributed by atoms with E-state index in [0.29, 0.717) is 32.5 Å². The first kappa shape index (κ1) is 21.3. The molecule has 1 heterocycles. The van der Waals surface area contributed by atoms with Crippen LogP contribution in [0.25, 0.3) is 0 Å². The van der Waals surface area contributed by atoms with Crippen LogP contribution in [-0.2, 0) is 17.8 Å². The highest BCUT2D eigenvalue weighted by Gasteiger charge is 2.42. The molecular formula is C23H30N2O4. The van der Waals surface area contributed by atoms with Crippen molar-refractivity contribution in [3.63, 3.8) is 0 Å². The molecule has 1 amide bonds. The number of nitrogens with one attached hydrogen (secondary N) is 1. The van der Waals surface area contributed by atoms with Gasteiger partial charge in [-0.15, -0.1) is 0 Å². The number of para-hydroxylation sites is 1. The van der Waals surface area contributed by atoms with Gasteiger partial charge >= 0.3 is 0 Å². The van der Waals surface area contributed by atoms with Crippen molar-refractivity contribution in [3.05, 3.63) is 65.7 Å². The molecule has 0 bridgehead atoms. The number of hydrogen-bond donors (Lipinski definition) is 3. The molecular weight excluding hydrogens is 368 g/mol. The lowest BCUT2D eigenvalue weighted by molar-refractivity contribution is -0.126. The van der Waals surface area contributed by atoms with E-state index in [4.69, 9.17) is 4.74 Å². The van der Waals surface area contributed by atoms with Crippen LogP contribution in [0.4, 0.5) is 0 Å². The molecule has 1 aliphatic heterocycles. The number of methoxy groups -OCH3 is 1. The van der Waals surface area contributed by atoms with Crippen LogP contribution in [0.5, 0.6) is 5.75 Å².